The van der Waals surface area contributed by atoms with Crippen molar-refractivity contribution in [1.29, 1.82) is 0 Å². The molecule has 5 aromatic rings. The maximum Gasteiger partial charge on any atom is 0.406 e. The first-order valence-corrected chi connectivity index (χ1v) is 18.3. The van der Waals surface area contributed by atoms with Crippen LogP contribution in [0.15, 0.2) is 54.7 Å². The molecule has 17 heteroatoms. The summed E-state index contributed by atoms with van der Waals surface area (Å²) in [6, 6.07) is 13.1. The van der Waals surface area contributed by atoms with Gasteiger partial charge in [0.1, 0.15) is 53.1 Å². The van der Waals surface area contributed by atoms with Gasteiger partial charge in [-0.15, -0.1) is 5.10 Å². The second-order valence-corrected chi connectivity index (χ2v) is 12.8. The van der Waals surface area contributed by atoms with Gasteiger partial charge in [-0.1, -0.05) is 13.3 Å². The van der Waals surface area contributed by atoms with Crippen LogP contribution in [0.5, 0.6) is 34.8 Å². The number of aliphatic hydroxyl groups is 1. The molecule has 0 fully saturated rings. The molecule has 1 atom stereocenters. The molecule has 3 aromatic carbocycles. The van der Waals surface area contributed by atoms with Gasteiger partial charge < -0.3 is 48.5 Å². The number of fused-ring (bicyclic) bond motifs is 1. The SMILES string of the molecule is CCCC(CCO)Oc1nc(N(Cc2ccc(OC)cc2OC)Cc2ccc(OC)cc2OC)c2ncc(Cc3c(F)cc(OCCNC(=O)OC)cc3F)n2n1. The molecule has 15 nitrogen and oxygen atoms in total. The Hall–Kier alpha value is -6.10. The zero-order valence-electron chi connectivity index (χ0n) is 32.8. The predicted octanol–water partition coefficient (Wildman–Crippen LogP) is 5.90. The summed E-state index contributed by atoms with van der Waals surface area (Å²) in [5.74, 6) is 0.936. The van der Waals surface area contributed by atoms with Crippen molar-refractivity contribution in [1.82, 2.24) is 24.9 Å². The van der Waals surface area contributed by atoms with E-state index in [2.05, 4.69) is 20.1 Å². The summed E-state index contributed by atoms with van der Waals surface area (Å²) < 4.78 is 71.3. The number of carbonyl (C=O) groups is 1. The van der Waals surface area contributed by atoms with Gasteiger partial charge in [0.05, 0.1) is 54.0 Å². The Morgan fingerprint density at radius 3 is 2.05 bits per heavy atom. The van der Waals surface area contributed by atoms with Gasteiger partial charge in [-0.05, 0) is 30.7 Å². The molecule has 2 N–H and O–H groups in total. The smallest absolute Gasteiger partial charge is 0.406 e. The molecular weight excluding hydrogens is 746 g/mol. The number of hydrogen-bond acceptors (Lipinski definition) is 13. The lowest BCUT2D eigenvalue weighted by Gasteiger charge is -2.27. The van der Waals surface area contributed by atoms with Crippen LogP contribution in [0.3, 0.4) is 0 Å². The summed E-state index contributed by atoms with van der Waals surface area (Å²) >= 11 is 0. The van der Waals surface area contributed by atoms with Crippen LogP contribution >= 0.6 is 0 Å². The van der Waals surface area contributed by atoms with E-state index in [0.717, 1.165) is 29.7 Å². The summed E-state index contributed by atoms with van der Waals surface area (Å²) in [4.78, 5) is 22.8. The molecule has 5 rings (SSSR count). The molecule has 0 aliphatic rings. The number of amides is 1. The first kappa shape index (κ1) is 42.1. The Morgan fingerprint density at radius 1 is 0.877 bits per heavy atom. The van der Waals surface area contributed by atoms with E-state index in [1.54, 1.807) is 40.6 Å². The fraction of sp³-hybridized carbons (Fsp3) is 0.400. The normalized spacial score (nSPS) is 11.5. The number of halogens is 2. The Labute approximate surface area is 329 Å². The largest absolute Gasteiger partial charge is 0.497 e. The topological polar surface area (TPSA) is 160 Å². The predicted molar refractivity (Wildman–Crippen MR) is 206 cm³/mol. The van der Waals surface area contributed by atoms with Crippen molar-refractivity contribution in [2.24, 2.45) is 0 Å². The number of aromatic nitrogens is 4. The van der Waals surface area contributed by atoms with Crippen LogP contribution in [0, 0.1) is 11.6 Å². The van der Waals surface area contributed by atoms with Crippen LogP contribution in [-0.2, 0) is 24.2 Å². The van der Waals surface area contributed by atoms with E-state index < -0.39 is 23.8 Å². The minimum Gasteiger partial charge on any atom is -0.497 e. The highest BCUT2D eigenvalue weighted by molar-refractivity contribution is 5.67. The van der Waals surface area contributed by atoms with Gasteiger partial charge >= 0.3 is 12.1 Å². The molecule has 2 heterocycles. The van der Waals surface area contributed by atoms with Crippen molar-refractivity contribution in [3.8, 4) is 34.8 Å². The summed E-state index contributed by atoms with van der Waals surface area (Å²) in [6.45, 7) is 2.40. The summed E-state index contributed by atoms with van der Waals surface area (Å²) in [7, 11) is 7.50. The van der Waals surface area contributed by atoms with Crippen molar-refractivity contribution < 1.29 is 51.8 Å². The minimum atomic E-state index is -0.850. The molecule has 0 saturated heterocycles. The Morgan fingerprint density at radius 2 is 1.51 bits per heavy atom. The number of anilines is 1. The quantitative estimate of drug-likeness (QED) is 0.0847. The van der Waals surface area contributed by atoms with E-state index >= 15 is 8.78 Å². The lowest BCUT2D eigenvalue weighted by atomic mass is 10.1. The van der Waals surface area contributed by atoms with Crippen LogP contribution < -0.4 is 38.6 Å². The van der Waals surface area contributed by atoms with E-state index in [9.17, 15) is 9.90 Å². The zero-order valence-corrected chi connectivity index (χ0v) is 32.8. The third-order valence-electron chi connectivity index (χ3n) is 9.04. The third-order valence-corrected chi connectivity index (χ3v) is 9.04. The number of alkyl carbamates (subject to hydrolysis) is 1. The number of carbonyl (C=O) groups excluding carboxylic acids is 1. The summed E-state index contributed by atoms with van der Waals surface area (Å²) in [5, 5.41) is 16.9. The number of nitrogens with zero attached hydrogens (tertiary/aromatic N) is 5. The maximum absolute atomic E-state index is 15.6. The molecule has 0 aliphatic carbocycles. The monoisotopic (exact) mass is 794 g/mol. The Kier molecular flexibility index (Phi) is 14.9. The van der Waals surface area contributed by atoms with Crippen molar-refractivity contribution in [3.05, 3.63) is 88.7 Å². The molecule has 1 amide bonds. The molecule has 2 aromatic heterocycles. The highest BCUT2D eigenvalue weighted by Gasteiger charge is 2.25. The van der Waals surface area contributed by atoms with Gasteiger partial charge in [0.2, 0.25) is 0 Å². The number of hydrogen-bond donors (Lipinski definition) is 2. The van der Waals surface area contributed by atoms with Gasteiger partial charge in [-0.3, -0.25) is 0 Å². The minimum absolute atomic E-state index is 0.0257. The highest BCUT2D eigenvalue weighted by atomic mass is 19.1. The van der Waals surface area contributed by atoms with E-state index in [1.165, 1.54) is 17.8 Å². The van der Waals surface area contributed by atoms with Crippen LogP contribution in [0.2, 0.25) is 0 Å². The zero-order chi connectivity index (χ0) is 40.9. The average molecular weight is 795 g/mol. The lowest BCUT2D eigenvalue weighted by molar-refractivity contribution is 0.133. The molecule has 57 heavy (non-hydrogen) atoms. The van der Waals surface area contributed by atoms with Crippen LogP contribution in [0.1, 0.15) is 48.6 Å². The first-order chi connectivity index (χ1) is 27.6. The van der Waals surface area contributed by atoms with Crippen LogP contribution in [0.25, 0.3) is 5.65 Å². The fourth-order valence-corrected chi connectivity index (χ4v) is 6.14. The third kappa shape index (κ3) is 10.6. The molecule has 1 unspecified atom stereocenters. The molecule has 0 radical (unpaired) electrons. The fourth-order valence-electron chi connectivity index (χ4n) is 6.14. The number of imidazole rings is 1. The number of benzene rings is 3. The molecule has 0 bridgehead atoms. The van der Waals surface area contributed by atoms with Gasteiger partial charge in [-0.25, -0.2) is 23.1 Å². The Balaban J connectivity index is 1.61. The van der Waals surface area contributed by atoms with Gasteiger partial charge in [0, 0.05) is 73.5 Å². The van der Waals surface area contributed by atoms with Crippen LogP contribution in [0.4, 0.5) is 19.4 Å². The van der Waals surface area contributed by atoms with Gasteiger partial charge in [0.15, 0.2) is 11.5 Å². The lowest BCUT2D eigenvalue weighted by Crippen LogP contribution is -2.27. The van der Waals surface area contributed by atoms with E-state index in [1.807, 2.05) is 36.1 Å². The highest BCUT2D eigenvalue weighted by Crippen LogP contribution is 2.34. The second kappa shape index (κ2) is 20.2. The number of methoxy groups -OCH3 is 5. The van der Waals surface area contributed by atoms with Crippen molar-refractivity contribution in [3.63, 3.8) is 0 Å². The van der Waals surface area contributed by atoms with E-state index in [-0.39, 0.29) is 62.2 Å². The molecule has 0 saturated carbocycles. The molecule has 0 spiro atoms. The number of nitrogens with one attached hydrogen (secondary N) is 1. The van der Waals surface area contributed by atoms with E-state index in [4.69, 9.17) is 33.4 Å². The molecule has 0 aliphatic heterocycles. The second-order valence-electron chi connectivity index (χ2n) is 12.8. The number of ether oxygens (including phenoxy) is 7. The van der Waals surface area contributed by atoms with Crippen LogP contribution in [-0.4, -0.2) is 92.2 Å². The maximum atomic E-state index is 15.6. The van der Waals surface area contributed by atoms with Crippen molar-refractivity contribution in [2.75, 3.05) is 60.2 Å². The molecular formula is C40H48F2N6O9. The summed E-state index contributed by atoms with van der Waals surface area (Å²) in [5.41, 5.74) is 1.95. The first-order valence-electron chi connectivity index (χ1n) is 18.3. The number of rotatable bonds is 21. The summed E-state index contributed by atoms with van der Waals surface area (Å²) in [6.07, 6.45) is 1.89. The standard InChI is InChI=1S/C40H48F2N6O9/c1-7-8-28(13-15-49)57-39-45-38(47(23-25-9-11-29(51-2)20-35(25)53-4)24-26-10-12-30(52-3)21-36(26)54-5)37-44-22-27(48(37)46-39)17-32-33(41)18-31(19-34(32)42)56-16-14-43-40(50)55-6/h9-12,18-22,28,49H,7-8,13-17,23-24H2,1-6H3,(H,43,50). The number of aliphatic hydroxyl groups excluding tert-OH is 1. The Bertz CT molecular complexity index is 2030. The van der Waals surface area contributed by atoms with E-state index in [0.29, 0.717) is 47.4 Å². The van der Waals surface area contributed by atoms with Crippen molar-refractivity contribution in [2.45, 2.75) is 51.8 Å². The van der Waals surface area contributed by atoms with Gasteiger partial charge in [0.25, 0.3) is 0 Å². The molecule has 306 valence electrons. The van der Waals surface area contributed by atoms with Crippen molar-refractivity contribution >= 4 is 17.6 Å². The van der Waals surface area contributed by atoms with Gasteiger partial charge in [-0.2, -0.15) is 4.98 Å². The average Bonchev–Trinajstić information content (AvgIpc) is 3.62.